The van der Waals surface area contributed by atoms with Gasteiger partial charge in [0.15, 0.2) is 0 Å². The van der Waals surface area contributed by atoms with Crippen molar-refractivity contribution in [3.8, 4) is 0 Å². The highest BCUT2D eigenvalue weighted by Gasteiger charge is 2.64. The fourth-order valence-electron chi connectivity index (χ4n) is 4.22. The van der Waals surface area contributed by atoms with Gasteiger partial charge in [0.2, 0.25) is 0 Å². The SMILES string of the molecule is C[C@H](OCc1ccccc1)[C@@H](O)[C@]1(C)C(=O)[C@H]2CCC[C@H]21. The summed E-state index contributed by atoms with van der Waals surface area (Å²) in [6.45, 7) is 4.26. The molecule has 1 N–H and O–H groups in total. The topological polar surface area (TPSA) is 46.5 Å². The largest absolute Gasteiger partial charge is 0.389 e. The minimum absolute atomic E-state index is 0.200. The molecule has 0 heterocycles. The molecule has 2 aliphatic rings. The summed E-state index contributed by atoms with van der Waals surface area (Å²) in [4.78, 5) is 12.4. The van der Waals surface area contributed by atoms with E-state index in [2.05, 4.69) is 0 Å². The molecule has 2 aliphatic carbocycles. The first-order valence-corrected chi connectivity index (χ1v) is 7.93. The number of hydrogen-bond acceptors (Lipinski definition) is 3. The van der Waals surface area contributed by atoms with Gasteiger partial charge in [-0.3, -0.25) is 4.79 Å². The van der Waals surface area contributed by atoms with Crippen molar-refractivity contribution in [2.75, 3.05) is 0 Å². The Morgan fingerprint density at radius 1 is 1.33 bits per heavy atom. The van der Waals surface area contributed by atoms with Crippen LogP contribution in [0.5, 0.6) is 0 Å². The van der Waals surface area contributed by atoms with Gasteiger partial charge in [-0.2, -0.15) is 0 Å². The first-order chi connectivity index (χ1) is 10.0. The predicted molar refractivity (Wildman–Crippen MR) is 80.6 cm³/mol. The lowest BCUT2D eigenvalue weighted by Crippen LogP contribution is -2.62. The van der Waals surface area contributed by atoms with Crippen LogP contribution in [0.25, 0.3) is 0 Å². The Morgan fingerprint density at radius 2 is 2.05 bits per heavy atom. The molecule has 0 radical (unpaired) electrons. The first-order valence-electron chi connectivity index (χ1n) is 7.93. The molecule has 3 heteroatoms. The third kappa shape index (κ3) is 2.33. The second-order valence-electron chi connectivity index (χ2n) is 6.74. The van der Waals surface area contributed by atoms with Crippen molar-refractivity contribution in [3.05, 3.63) is 35.9 Å². The zero-order valence-electron chi connectivity index (χ0n) is 12.8. The van der Waals surface area contributed by atoms with Crippen molar-refractivity contribution in [2.45, 2.75) is 51.9 Å². The summed E-state index contributed by atoms with van der Waals surface area (Å²) in [5.41, 5.74) is 0.484. The quantitative estimate of drug-likeness (QED) is 0.906. The number of aliphatic hydroxyl groups excluding tert-OH is 1. The van der Waals surface area contributed by atoms with E-state index in [-0.39, 0.29) is 17.8 Å². The maximum Gasteiger partial charge on any atom is 0.145 e. The molecule has 114 valence electrons. The average Bonchev–Trinajstić information content (AvgIpc) is 2.98. The molecule has 0 saturated heterocycles. The highest BCUT2D eigenvalue weighted by atomic mass is 16.5. The number of hydrogen-bond donors (Lipinski definition) is 1. The molecule has 5 atom stereocenters. The maximum atomic E-state index is 12.4. The Kier molecular flexibility index (Phi) is 3.89. The van der Waals surface area contributed by atoms with Crippen molar-refractivity contribution in [1.29, 1.82) is 0 Å². The van der Waals surface area contributed by atoms with E-state index in [1.807, 2.05) is 44.2 Å². The highest BCUT2D eigenvalue weighted by molar-refractivity contribution is 5.94. The molecule has 2 saturated carbocycles. The summed E-state index contributed by atoms with van der Waals surface area (Å²) < 4.78 is 5.81. The van der Waals surface area contributed by atoms with Crippen LogP contribution in [-0.2, 0) is 16.1 Å². The van der Waals surface area contributed by atoms with E-state index in [0.29, 0.717) is 12.5 Å². The summed E-state index contributed by atoms with van der Waals surface area (Å²) in [5, 5.41) is 10.6. The molecule has 0 spiro atoms. The molecule has 0 aliphatic heterocycles. The van der Waals surface area contributed by atoms with Crippen LogP contribution in [-0.4, -0.2) is 23.1 Å². The Balaban J connectivity index is 1.62. The summed E-state index contributed by atoms with van der Waals surface area (Å²) in [6, 6.07) is 9.92. The summed E-state index contributed by atoms with van der Waals surface area (Å²) >= 11 is 0. The van der Waals surface area contributed by atoms with E-state index < -0.39 is 11.5 Å². The van der Waals surface area contributed by atoms with E-state index in [0.717, 1.165) is 24.8 Å². The smallest absolute Gasteiger partial charge is 0.145 e. The second kappa shape index (κ2) is 5.54. The summed E-state index contributed by atoms with van der Waals surface area (Å²) in [7, 11) is 0. The molecule has 1 aromatic carbocycles. The Morgan fingerprint density at radius 3 is 2.76 bits per heavy atom. The number of ether oxygens (including phenoxy) is 1. The minimum atomic E-state index is -0.715. The van der Waals surface area contributed by atoms with Gasteiger partial charge in [-0.1, -0.05) is 36.8 Å². The van der Waals surface area contributed by atoms with Crippen LogP contribution < -0.4 is 0 Å². The molecule has 2 fully saturated rings. The first kappa shape index (κ1) is 14.7. The Labute approximate surface area is 126 Å². The lowest BCUT2D eigenvalue weighted by atomic mass is 9.52. The van der Waals surface area contributed by atoms with E-state index in [1.165, 1.54) is 0 Å². The van der Waals surface area contributed by atoms with Crippen molar-refractivity contribution in [2.24, 2.45) is 17.3 Å². The molecule has 21 heavy (non-hydrogen) atoms. The van der Waals surface area contributed by atoms with Gasteiger partial charge in [0.1, 0.15) is 5.78 Å². The van der Waals surface area contributed by atoms with E-state index in [4.69, 9.17) is 4.74 Å². The third-order valence-electron chi connectivity index (χ3n) is 5.57. The summed E-state index contributed by atoms with van der Waals surface area (Å²) in [6.07, 6.45) is 2.14. The number of carbonyl (C=O) groups is 1. The zero-order valence-corrected chi connectivity index (χ0v) is 12.8. The number of ketones is 1. The van der Waals surface area contributed by atoms with Gasteiger partial charge in [-0.05, 0) is 38.2 Å². The van der Waals surface area contributed by atoms with Gasteiger partial charge in [0.05, 0.1) is 24.2 Å². The van der Waals surface area contributed by atoms with Crippen LogP contribution in [0.4, 0.5) is 0 Å². The maximum absolute atomic E-state index is 12.4. The fraction of sp³-hybridized carbons (Fsp3) is 0.611. The predicted octanol–water partition coefficient (Wildman–Crippen LogP) is 2.96. The normalized spacial score (nSPS) is 34.1. The third-order valence-corrected chi connectivity index (χ3v) is 5.57. The number of rotatable bonds is 5. The van der Waals surface area contributed by atoms with E-state index in [9.17, 15) is 9.90 Å². The van der Waals surface area contributed by atoms with E-state index >= 15 is 0 Å². The van der Waals surface area contributed by atoms with Gasteiger partial charge in [0, 0.05) is 5.92 Å². The van der Waals surface area contributed by atoms with Crippen molar-refractivity contribution in [3.63, 3.8) is 0 Å². The Bertz CT molecular complexity index is 512. The molecule has 0 aromatic heterocycles. The fourth-order valence-corrected chi connectivity index (χ4v) is 4.22. The molecular formula is C18H24O3. The molecule has 3 rings (SSSR count). The van der Waals surface area contributed by atoms with Crippen molar-refractivity contribution in [1.82, 2.24) is 0 Å². The van der Waals surface area contributed by atoms with Crippen molar-refractivity contribution < 1.29 is 14.6 Å². The highest BCUT2D eigenvalue weighted by Crippen LogP contribution is 2.58. The van der Waals surface area contributed by atoms with Crippen LogP contribution in [0.1, 0.15) is 38.7 Å². The number of aliphatic hydroxyl groups is 1. The van der Waals surface area contributed by atoms with Gasteiger partial charge < -0.3 is 9.84 Å². The van der Waals surface area contributed by atoms with Gasteiger partial charge in [-0.25, -0.2) is 0 Å². The molecule has 0 unspecified atom stereocenters. The molecule has 0 bridgehead atoms. The molecule has 1 aromatic rings. The molecule has 3 nitrogen and oxygen atoms in total. The Hall–Kier alpha value is -1.19. The van der Waals surface area contributed by atoms with Gasteiger partial charge in [0.25, 0.3) is 0 Å². The lowest BCUT2D eigenvalue weighted by Gasteiger charge is -2.52. The summed E-state index contributed by atoms with van der Waals surface area (Å²) in [5.74, 6) is 0.793. The van der Waals surface area contributed by atoms with Crippen molar-refractivity contribution >= 4 is 5.78 Å². The van der Waals surface area contributed by atoms with E-state index in [1.54, 1.807) is 0 Å². The van der Waals surface area contributed by atoms with Crippen LogP contribution in [0.3, 0.4) is 0 Å². The monoisotopic (exact) mass is 288 g/mol. The zero-order chi connectivity index (χ0) is 15.0. The number of fused-ring (bicyclic) bond motifs is 1. The standard InChI is InChI=1S/C18H24O3/c1-12(21-11-13-7-4-3-5-8-13)16(19)18(2)15-10-6-9-14(15)17(18)20/h3-5,7-8,12,14-16,19H,6,9-11H2,1-2H3/t12-,14-,15+,16+,18+/m0/s1. The average molecular weight is 288 g/mol. The molecule has 0 amide bonds. The number of carbonyl (C=O) groups excluding carboxylic acids is 1. The minimum Gasteiger partial charge on any atom is -0.389 e. The van der Waals surface area contributed by atoms with Crippen LogP contribution >= 0.6 is 0 Å². The number of Topliss-reactive ketones (excluding diaryl/α,β-unsaturated/α-hetero) is 1. The molecular weight excluding hydrogens is 264 g/mol. The van der Waals surface area contributed by atoms with Crippen LogP contribution in [0, 0.1) is 17.3 Å². The van der Waals surface area contributed by atoms with Crippen LogP contribution in [0.2, 0.25) is 0 Å². The van der Waals surface area contributed by atoms with Gasteiger partial charge in [-0.15, -0.1) is 0 Å². The van der Waals surface area contributed by atoms with Gasteiger partial charge >= 0.3 is 0 Å². The lowest BCUT2D eigenvalue weighted by molar-refractivity contribution is -0.180. The van der Waals surface area contributed by atoms with Crippen LogP contribution in [0.15, 0.2) is 30.3 Å². The second-order valence-corrected chi connectivity index (χ2v) is 6.74. The number of benzene rings is 1.